The number of hydrogen-bond donors (Lipinski definition) is 0. The van der Waals surface area contributed by atoms with E-state index >= 15 is 0 Å². The summed E-state index contributed by atoms with van der Waals surface area (Å²) in [5.74, 6) is -1.09. The van der Waals surface area contributed by atoms with Gasteiger partial charge in [-0.15, -0.1) is 0 Å². The minimum absolute atomic E-state index is 0. The van der Waals surface area contributed by atoms with E-state index in [1.54, 1.807) is 0 Å². The molecule has 0 rings (SSSR count). The lowest BCUT2D eigenvalue weighted by Gasteiger charge is -2.14. The molecule has 2 nitrogen and oxygen atoms in total. The molecule has 0 heterocycles. The second-order valence-corrected chi connectivity index (χ2v) is 5.89. The molecular weight excluding hydrogens is 281 g/mol. The number of halogens is 6. The van der Waals surface area contributed by atoms with Gasteiger partial charge in [0.2, 0.25) is 5.78 Å². The molecule has 2 N–H and O–H groups in total. The van der Waals surface area contributed by atoms with Gasteiger partial charge in [-0.25, -0.2) is 0 Å². The van der Waals surface area contributed by atoms with Crippen LogP contribution < -0.4 is 0 Å². The Kier molecular flexibility index (Phi) is 6.17. The molecule has 0 bridgehead atoms. The zero-order valence-corrected chi connectivity index (χ0v) is 9.21. The molecule has 0 aromatic heterocycles. The van der Waals surface area contributed by atoms with Crippen LogP contribution in [-0.2, 0) is 4.79 Å². The van der Waals surface area contributed by atoms with Gasteiger partial charge in [0.15, 0.2) is 0 Å². The normalized spacial score (nSPS) is 12.2. The highest BCUT2D eigenvalue weighted by Gasteiger charge is 2.44. The van der Waals surface area contributed by atoms with Gasteiger partial charge in [-0.2, -0.15) is 0 Å². The summed E-state index contributed by atoms with van der Waals surface area (Å²) in [6.45, 7) is 0. The predicted molar refractivity (Wildman–Crippen MR) is 49.2 cm³/mol. The molecule has 0 radical (unpaired) electrons. The topological polar surface area (TPSA) is 48.6 Å². The van der Waals surface area contributed by atoms with Gasteiger partial charge in [0.1, 0.15) is 0 Å². The Hall–Kier alpha value is 1.37. The molecule has 68 valence electrons. The van der Waals surface area contributed by atoms with Crippen LogP contribution in [0.15, 0.2) is 0 Å². The minimum Gasteiger partial charge on any atom is -0.412 e. The van der Waals surface area contributed by atoms with Crippen LogP contribution in [-0.4, -0.2) is 18.8 Å². The first kappa shape index (κ1) is 14.9. The van der Waals surface area contributed by atoms with Crippen LogP contribution in [0.5, 0.6) is 0 Å². The molecule has 0 atom stereocenters. The van der Waals surface area contributed by atoms with E-state index in [0.717, 1.165) is 0 Å². The predicted octanol–water partition coefficient (Wildman–Crippen LogP) is 2.47. The van der Waals surface area contributed by atoms with E-state index in [-0.39, 0.29) is 5.48 Å². The van der Waals surface area contributed by atoms with Crippen molar-refractivity contribution in [3.63, 3.8) is 0 Å². The average molecular weight is 283 g/mol. The molecule has 8 heteroatoms. The number of carbonyl (C=O) groups is 1. The molecule has 0 aromatic carbocycles. The number of Topliss-reactive ketones (excluding diaryl/α,β-unsaturated/α-hetero) is 1. The molecule has 0 saturated carbocycles. The van der Waals surface area contributed by atoms with Crippen molar-refractivity contribution < 1.29 is 10.3 Å². The van der Waals surface area contributed by atoms with E-state index < -0.39 is 13.4 Å². The van der Waals surface area contributed by atoms with Gasteiger partial charge in [-0.1, -0.05) is 69.6 Å². The molecular formula is C3H2Cl6O2. The van der Waals surface area contributed by atoms with Crippen molar-refractivity contribution in [2.45, 2.75) is 7.59 Å². The van der Waals surface area contributed by atoms with Crippen molar-refractivity contribution in [3.05, 3.63) is 0 Å². The highest BCUT2D eigenvalue weighted by atomic mass is 35.6. The average Bonchev–Trinajstić information content (AvgIpc) is 1.59. The minimum atomic E-state index is -2.18. The molecule has 0 amide bonds. The van der Waals surface area contributed by atoms with E-state index in [1.807, 2.05) is 0 Å². The fraction of sp³-hybridized carbons (Fsp3) is 0.667. The number of hydrogen-bond acceptors (Lipinski definition) is 1. The summed E-state index contributed by atoms with van der Waals surface area (Å²) in [5, 5.41) is 0. The molecule has 11 heavy (non-hydrogen) atoms. The molecule has 0 spiro atoms. The fourth-order valence-corrected chi connectivity index (χ4v) is 1.45. The van der Waals surface area contributed by atoms with Crippen LogP contribution in [0, 0.1) is 0 Å². The first-order valence-electron chi connectivity index (χ1n) is 1.84. The number of carbonyl (C=O) groups excluding carboxylic acids is 1. The summed E-state index contributed by atoms with van der Waals surface area (Å²) >= 11 is 30.6. The molecule has 0 fully saturated rings. The van der Waals surface area contributed by atoms with E-state index in [4.69, 9.17) is 69.6 Å². The number of rotatable bonds is 0. The maximum atomic E-state index is 10.7. The lowest BCUT2D eigenvalue weighted by atomic mass is 10.5. The third-order valence-corrected chi connectivity index (χ3v) is 1.54. The van der Waals surface area contributed by atoms with Gasteiger partial charge in [-0.3, -0.25) is 4.79 Å². The van der Waals surface area contributed by atoms with Crippen LogP contribution >= 0.6 is 69.6 Å². The smallest absolute Gasteiger partial charge is 0.253 e. The molecule has 0 unspecified atom stereocenters. The van der Waals surface area contributed by atoms with Gasteiger partial charge in [0, 0.05) is 0 Å². The van der Waals surface area contributed by atoms with Crippen LogP contribution in [0.4, 0.5) is 0 Å². The molecule has 0 saturated heterocycles. The first-order chi connectivity index (χ1) is 4.15. The highest BCUT2D eigenvalue weighted by Crippen LogP contribution is 2.39. The maximum absolute atomic E-state index is 10.7. The summed E-state index contributed by atoms with van der Waals surface area (Å²) in [4.78, 5) is 10.7. The van der Waals surface area contributed by atoms with Gasteiger partial charge in [0.05, 0.1) is 0 Å². The Labute approximate surface area is 92.9 Å². The van der Waals surface area contributed by atoms with E-state index in [1.165, 1.54) is 0 Å². The van der Waals surface area contributed by atoms with Crippen LogP contribution in [0.2, 0.25) is 0 Å². The Morgan fingerprint density at radius 3 is 1.00 bits per heavy atom. The van der Waals surface area contributed by atoms with Crippen molar-refractivity contribution in [1.82, 2.24) is 0 Å². The molecule has 0 aliphatic heterocycles. The maximum Gasteiger partial charge on any atom is 0.253 e. The van der Waals surface area contributed by atoms with Crippen molar-refractivity contribution in [2.75, 3.05) is 0 Å². The first-order valence-corrected chi connectivity index (χ1v) is 4.11. The van der Waals surface area contributed by atoms with Crippen molar-refractivity contribution in [2.24, 2.45) is 0 Å². The summed E-state index contributed by atoms with van der Waals surface area (Å²) in [7, 11) is 0. The molecule has 0 aliphatic rings. The monoisotopic (exact) mass is 280 g/mol. The Morgan fingerprint density at radius 1 is 0.818 bits per heavy atom. The summed E-state index contributed by atoms with van der Waals surface area (Å²) < 4.78 is -4.35. The molecule has 0 aromatic rings. The van der Waals surface area contributed by atoms with Crippen molar-refractivity contribution in [3.8, 4) is 0 Å². The highest BCUT2D eigenvalue weighted by molar-refractivity contribution is 6.86. The second kappa shape index (κ2) is 4.56. The Morgan fingerprint density at radius 2 is 1.00 bits per heavy atom. The van der Waals surface area contributed by atoms with Crippen molar-refractivity contribution in [1.29, 1.82) is 0 Å². The third kappa shape index (κ3) is 5.58. The quantitative estimate of drug-likeness (QED) is 0.630. The van der Waals surface area contributed by atoms with E-state index in [0.29, 0.717) is 0 Å². The van der Waals surface area contributed by atoms with Crippen LogP contribution in [0.25, 0.3) is 0 Å². The Balaban J connectivity index is 0. The largest absolute Gasteiger partial charge is 0.412 e. The van der Waals surface area contributed by atoms with Crippen LogP contribution in [0.3, 0.4) is 0 Å². The zero-order valence-electron chi connectivity index (χ0n) is 4.68. The zero-order chi connectivity index (χ0) is 8.58. The van der Waals surface area contributed by atoms with Crippen LogP contribution in [0.1, 0.15) is 0 Å². The third-order valence-electron chi connectivity index (χ3n) is 0.515. The molecule has 0 aliphatic carbocycles. The lowest BCUT2D eigenvalue weighted by molar-refractivity contribution is -0.117. The SMILES string of the molecule is O.O=C(C(Cl)(Cl)Cl)C(Cl)(Cl)Cl. The van der Waals surface area contributed by atoms with E-state index in [9.17, 15) is 4.79 Å². The standard InChI is InChI=1S/C3Cl6O.H2O/c4-2(5,6)1(10)3(7,8)9;/h;1H2. The lowest BCUT2D eigenvalue weighted by Crippen LogP contribution is -2.31. The van der Waals surface area contributed by atoms with Gasteiger partial charge < -0.3 is 5.48 Å². The van der Waals surface area contributed by atoms with Gasteiger partial charge in [0.25, 0.3) is 7.59 Å². The van der Waals surface area contributed by atoms with Crippen molar-refractivity contribution >= 4 is 75.4 Å². The van der Waals surface area contributed by atoms with Gasteiger partial charge in [-0.05, 0) is 0 Å². The summed E-state index contributed by atoms with van der Waals surface area (Å²) in [6.07, 6.45) is 0. The Bertz CT molecular complexity index is 127. The number of alkyl halides is 6. The fourth-order valence-electron chi connectivity index (χ4n) is 0.161. The summed E-state index contributed by atoms with van der Waals surface area (Å²) in [5.41, 5.74) is 0. The number of ketones is 1. The van der Waals surface area contributed by atoms with Gasteiger partial charge >= 0.3 is 0 Å². The van der Waals surface area contributed by atoms with E-state index in [2.05, 4.69) is 0 Å². The second-order valence-electron chi connectivity index (χ2n) is 1.32. The summed E-state index contributed by atoms with van der Waals surface area (Å²) in [6, 6.07) is 0.